The van der Waals surface area contributed by atoms with Crippen molar-refractivity contribution in [2.75, 3.05) is 26.3 Å². The molecule has 0 spiro atoms. The fourth-order valence-corrected chi connectivity index (χ4v) is 2.54. The van der Waals surface area contributed by atoms with Crippen molar-refractivity contribution < 1.29 is 14.6 Å². The number of nitrogens with one attached hydrogen (secondary N) is 1. The van der Waals surface area contributed by atoms with Crippen molar-refractivity contribution >= 4 is 6.03 Å². The number of carbonyl (C=O) groups is 1. The van der Waals surface area contributed by atoms with Crippen LogP contribution in [-0.2, 0) is 4.74 Å². The van der Waals surface area contributed by atoms with Crippen molar-refractivity contribution in [3.8, 4) is 0 Å². The van der Waals surface area contributed by atoms with Crippen LogP contribution in [0.15, 0.2) is 0 Å². The van der Waals surface area contributed by atoms with E-state index in [0.29, 0.717) is 19.1 Å². The lowest BCUT2D eigenvalue weighted by Crippen LogP contribution is -2.45. The number of hydrogen-bond acceptors (Lipinski definition) is 3. The zero-order chi connectivity index (χ0) is 14.3. The van der Waals surface area contributed by atoms with Crippen molar-refractivity contribution in [3.05, 3.63) is 0 Å². The summed E-state index contributed by atoms with van der Waals surface area (Å²) in [6.45, 7) is 8.38. The Hall–Kier alpha value is -0.810. The topological polar surface area (TPSA) is 61.8 Å². The zero-order valence-electron chi connectivity index (χ0n) is 12.4. The Kier molecular flexibility index (Phi) is 7.16. The number of rotatable bonds is 7. The third kappa shape index (κ3) is 4.99. The van der Waals surface area contributed by atoms with Gasteiger partial charge in [0.15, 0.2) is 0 Å². The number of carbonyl (C=O) groups excluding carboxylic acids is 1. The highest BCUT2D eigenvalue weighted by molar-refractivity contribution is 5.74. The second kappa shape index (κ2) is 8.38. The van der Waals surface area contributed by atoms with Crippen molar-refractivity contribution in [3.63, 3.8) is 0 Å². The number of nitrogens with zero attached hydrogens (tertiary/aromatic N) is 1. The van der Waals surface area contributed by atoms with Crippen LogP contribution in [0.1, 0.15) is 40.0 Å². The maximum atomic E-state index is 12.0. The number of amides is 2. The quantitative estimate of drug-likeness (QED) is 0.740. The van der Waals surface area contributed by atoms with E-state index in [9.17, 15) is 9.90 Å². The van der Waals surface area contributed by atoms with Crippen LogP contribution in [0.2, 0.25) is 0 Å². The lowest BCUT2D eigenvalue weighted by Gasteiger charge is -2.25. The van der Waals surface area contributed by atoms with Crippen LogP contribution in [0, 0.1) is 5.92 Å². The lowest BCUT2D eigenvalue weighted by molar-refractivity contribution is 0.0253. The number of likely N-dealkylation sites (tertiary alicyclic amines) is 1. The molecule has 1 aliphatic rings. The van der Waals surface area contributed by atoms with Gasteiger partial charge < -0.3 is 20.1 Å². The molecule has 5 nitrogen and oxygen atoms in total. The van der Waals surface area contributed by atoms with Crippen LogP contribution >= 0.6 is 0 Å². The average molecular weight is 272 g/mol. The number of hydrogen-bond donors (Lipinski definition) is 2. The summed E-state index contributed by atoms with van der Waals surface area (Å²) in [5.74, 6) is 0.453. The van der Waals surface area contributed by atoms with Gasteiger partial charge in [-0.1, -0.05) is 13.8 Å². The van der Waals surface area contributed by atoms with Crippen LogP contribution in [0.25, 0.3) is 0 Å². The Labute approximate surface area is 116 Å². The van der Waals surface area contributed by atoms with Gasteiger partial charge in [0.05, 0.1) is 18.8 Å². The maximum Gasteiger partial charge on any atom is 0.317 e. The predicted octanol–water partition coefficient (Wildman–Crippen LogP) is 1.60. The molecule has 0 bridgehead atoms. The van der Waals surface area contributed by atoms with Crippen LogP contribution in [0.3, 0.4) is 0 Å². The van der Waals surface area contributed by atoms with Gasteiger partial charge >= 0.3 is 6.03 Å². The van der Waals surface area contributed by atoms with Crippen molar-refractivity contribution in [2.24, 2.45) is 5.92 Å². The van der Waals surface area contributed by atoms with E-state index < -0.39 is 0 Å². The summed E-state index contributed by atoms with van der Waals surface area (Å²) in [6.07, 6.45) is 2.90. The van der Waals surface area contributed by atoms with Gasteiger partial charge in [0.2, 0.25) is 0 Å². The molecule has 0 radical (unpaired) electrons. The summed E-state index contributed by atoms with van der Waals surface area (Å²) in [4.78, 5) is 13.7. The van der Waals surface area contributed by atoms with Gasteiger partial charge in [0, 0.05) is 19.7 Å². The smallest absolute Gasteiger partial charge is 0.317 e. The Bertz CT molecular complexity index is 271. The van der Waals surface area contributed by atoms with Gasteiger partial charge in [-0.25, -0.2) is 4.79 Å². The van der Waals surface area contributed by atoms with E-state index in [1.165, 1.54) is 0 Å². The maximum absolute atomic E-state index is 12.0. The molecule has 0 aromatic rings. The first-order valence-corrected chi connectivity index (χ1v) is 7.37. The normalized spacial score (nSPS) is 20.9. The van der Waals surface area contributed by atoms with Gasteiger partial charge in [0.1, 0.15) is 0 Å². The Morgan fingerprint density at radius 3 is 2.84 bits per heavy atom. The van der Waals surface area contributed by atoms with E-state index in [2.05, 4.69) is 19.2 Å². The zero-order valence-corrected chi connectivity index (χ0v) is 12.4. The molecule has 0 saturated carbocycles. The van der Waals surface area contributed by atoms with Gasteiger partial charge in [-0.3, -0.25) is 0 Å². The number of aliphatic hydroxyl groups is 1. The van der Waals surface area contributed by atoms with E-state index in [-0.39, 0.29) is 24.8 Å². The van der Waals surface area contributed by atoms with Gasteiger partial charge in [-0.05, 0) is 32.1 Å². The highest BCUT2D eigenvalue weighted by Gasteiger charge is 2.27. The minimum Gasteiger partial charge on any atom is -0.394 e. The molecule has 1 saturated heterocycles. The van der Waals surface area contributed by atoms with Crippen molar-refractivity contribution in [2.45, 2.75) is 52.2 Å². The fourth-order valence-electron chi connectivity index (χ4n) is 2.54. The highest BCUT2D eigenvalue weighted by atomic mass is 16.5. The van der Waals surface area contributed by atoms with Gasteiger partial charge in [-0.15, -0.1) is 0 Å². The first kappa shape index (κ1) is 16.2. The SMILES string of the molecule is CCOC(CCNC(=O)N1CCCC1CO)C(C)C. The third-order valence-corrected chi connectivity index (χ3v) is 3.68. The molecule has 19 heavy (non-hydrogen) atoms. The van der Waals surface area contributed by atoms with Crippen molar-refractivity contribution in [1.82, 2.24) is 10.2 Å². The summed E-state index contributed by atoms with van der Waals surface area (Å²) in [7, 11) is 0. The van der Waals surface area contributed by atoms with Crippen molar-refractivity contribution in [1.29, 1.82) is 0 Å². The lowest BCUT2D eigenvalue weighted by atomic mass is 10.0. The Morgan fingerprint density at radius 1 is 1.53 bits per heavy atom. The fraction of sp³-hybridized carbons (Fsp3) is 0.929. The molecule has 2 amide bonds. The molecule has 0 aliphatic carbocycles. The molecule has 1 rings (SSSR count). The predicted molar refractivity (Wildman–Crippen MR) is 75.1 cm³/mol. The molecule has 5 heteroatoms. The molecule has 2 unspecified atom stereocenters. The van der Waals surface area contributed by atoms with Crippen LogP contribution in [0.5, 0.6) is 0 Å². The number of ether oxygens (including phenoxy) is 1. The number of aliphatic hydroxyl groups excluding tert-OH is 1. The van der Waals surface area contributed by atoms with E-state index >= 15 is 0 Å². The third-order valence-electron chi connectivity index (χ3n) is 3.68. The van der Waals surface area contributed by atoms with Gasteiger partial charge in [-0.2, -0.15) is 0 Å². The first-order valence-electron chi connectivity index (χ1n) is 7.37. The number of urea groups is 1. The second-order valence-corrected chi connectivity index (χ2v) is 5.43. The molecule has 0 aromatic heterocycles. The standard InChI is InChI=1S/C14H28N2O3/c1-4-19-13(11(2)3)7-8-15-14(18)16-9-5-6-12(16)10-17/h11-13,17H,4-10H2,1-3H3,(H,15,18). The largest absolute Gasteiger partial charge is 0.394 e. The molecule has 2 atom stereocenters. The minimum atomic E-state index is -0.0597. The second-order valence-electron chi connectivity index (χ2n) is 5.43. The van der Waals surface area contributed by atoms with E-state index in [4.69, 9.17) is 4.74 Å². The summed E-state index contributed by atoms with van der Waals surface area (Å²) >= 11 is 0. The molecule has 2 N–H and O–H groups in total. The van der Waals surface area contributed by atoms with Crippen LogP contribution < -0.4 is 5.32 Å². The summed E-state index contributed by atoms with van der Waals surface area (Å²) < 4.78 is 5.65. The van der Waals surface area contributed by atoms with Crippen LogP contribution in [-0.4, -0.2) is 54.5 Å². The summed E-state index contributed by atoms with van der Waals surface area (Å²) in [5.41, 5.74) is 0. The molecule has 1 heterocycles. The van der Waals surface area contributed by atoms with Crippen LogP contribution in [0.4, 0.5) is 4.79 Å². The van der Waals surface area contributed by atoms with Gasteiger partial charge in [0.25, 0.3) is 0 Å². The minimum absolute atomic E-state index is 0.00668. The average Bonchev–Trinajstić information content (AvgIpc) is 2.85. The molecule has 1 aliphatic heterocycles. The molecule has 0 aromatic carbocycles. The monoisotopic (exact) mass is 272 g/mol. The molecule has 1 fully saturated rings. The highest BCUT2D eigenvalue weighted by Crippen LogP contribution is 2.16. The Morgan fingerprint density at radius 2 is 2.26 bits per heavy atom. The Balaban J connectivity index is 2.29. The molecule has 112 valence electrons. The van der Waals surface area contributed by atoms with E-state index in [0.717, 1.165) is 25.8 Å². The molecular weight excluding hydrogens is 244 g/mol. The van der Waals surface area contributed by atoms with E-state index in [1.807, 2.05) is 6.92 Å². The summed E-state index contributed by atoms with van der Waals surface area (Å²) in [6, 6.07) is -0.0663. The first-order chi connectivity index (χ1) is 9.10. The summed E-state index contributed by atoms with van der Waals surface area (Å²) in [5, 5.41) is 12.1. The molecular formula is C14H28N2O3. The van der Waals surface area contributed by atoms with E-state index in [1.54, 1.807) is 4.90 Å².